The second kappa shape index (κ2) is 9.75. The zero-order valence-corrected chi connectivity index (χ0v) is 17.7. The summed E-state index contributed by atoms with van der Waals surface area (Å²) in [6.07, 6.45) is 1.13. The Bertz CT molecular complexity index is 602. The monoisotopic (exact) mass is 398 g/mol. The highest BCUT2D eigenvalue weighted by atomic mass is 16.6. The lowest BCUT2D eigenvalue weighted by molar-refractivity contribution is -0.140. The van der Waals surface area contributed by atoms with Gasteiger partial charge in [-0.3, -0.25) is 14.4 Å². The summed E-state index contributed by atoms with van der Waals surface area (Å²) in [5, 5.41) is 5.19. The van der Waals surface area contributed by atoms with Gasteiger partial charge in [-0.25, -0.2) is 4.79 Å². The van der Waals surface area contributed by atoms with E-state index in [1.165, 1.54) is 4.90 Å². The largest absolute Gasteiger partial charge is 0.444 e. The van der Waals surface area contributed by atoms with Crippen molar-refractivity contribution in [1.29, 1.82) is 0 Å². The molecule has 1 aliphatic rings. The first-order chi connectivity index (χ1) is 12.9. The van der Waals surface area contributed by atoms with Crippen LogP contribution >= 0.6 is 0 Å². The van der Waals surface area contributed by atoms with E-state index in [2.05, 4.69) is 10.6 Å². The summed E-state index contributed by atoms with van der Waals surface area (Å²) in [6, 6.07) is -2.32. The normalized spacial score (nSPS) is 20.1. The molecule has 4 N–H and O–H groups in total. The molecule has 4 atom stereocenters. The molecule has 0 aromatic heterocycles. The summed E-state index contributed by atoms with van der Waals surface area (Å²) in [6.45, 7) is 10.9. The Hall–Kier alpha value is -2.32. The Balaban J connectivity index is 2.77. The van der Waals surface area contributed by atoms with Crippen LogP contribution in [0.3, 0.4) is 0 Å². The quantitative estimate of drug-likeness (QED) is 0.586. The number of carbonyl (C=O) groups is 4. The van der Waals surface area contributed by atoms with E-state index in [4.69, 9.17) is 10.5 Å². The fourth-order valence-corrected chi connectivity index (χ4v) is 3.08. The maximum atomic E-state index is 12.8. The van der Waals surface area contributed by atoms with Gasteiger partial charge < -0.3 is 26.0 Å². The van der Waals surface area contributed by atoms with Crippen LogP contribution in [-0.4, -0.2) is 59.0 Å². The fraction of sp³-hybridized carbons (Fsp3) is 0.789. The minimum atomic E-state index is -0.843. The smallest absolute Gasteiger partial charge is 0.408 e. The van der Waals surface area contributed by atoms with Gasteiger partial charge in [-0.15, -0.1) is 0 Å². The van der Waals surface area contributed by atoms with Crippen LogP contribution in [0.15, 0.2) is 0 Å². The van der Waals surface area contributed by atoms with E-state index in [-0.39, 0.29) is 11.8 Å². The minimum absolute atomic E-state index is 0.111. The van der Waals surface area contributed by atoms with Crippen LogP contribution in [0.5, 0.6) is 0 Å². The molecule has 1 heterocycles. The first-order valence-corrected chi connectivity index (χ1v) is 9.77. The molecule has 1 fully saturated rings. The van der Waals surface area contributed by atoms with Crippen molar-refractivity contribution in [3.05, 3.63) is 0 Å². The molecule has 0 aromatic rings. The lowest BCUT2D eigenvalue weighted by Gasteiger charge is -2.29. The summed E-state index contributed by atoms with van der Waals surface area (Å²) in [5.74, 6) is -1.49. The van der Waals surface area contributed by atoms with Crippen molar-refractivity contribution in [2.24, 2.45) is 11.7 Å². The Morgan fingerprint density at radius 2 is 1.79 bits per heavy atom. The molecule has 1 aliphatic heterocycles. The van der Waals surface area contributed by atoms with Crippen LogP contribution in [0.25, 0.3) is 0 Å². The highest BCUT2D eigenvalue weighted by molar-refractivity contribution is 5.93. The number of nitrogens with zero attached hydrogens (tertiary/aromatic N) is 1. The highest BCUT2D eigenvalue weighted by Crippen LogP contribution is 2.20. The van der Waals surface area contributed by atoms with Gasteiger partial charge in [-0.1, -0.05) is 20.3 Å². The number of carbonyl (C=O) groups excluding carboxylic acids is 4. The number of nitrogens with one attached hydrogen (secondary N) is 2. The molecule has 0 aliphatic carbocycles. The van der Waals surface area contributed by atoms with Gasteiger partial charge >= 0.3 is 6.09 Å². The first-order valence-electron chi connectivity index (χ1n) is 9.77. The molecule has 0 bridgehead atoms. The number of likely N-dealkylation sites (tertiary alicyclic amines) is 1. The van der Waals surface area contributed by atoms with Crippen molar-refractivity contribution < 1.29 is 23.9 Å². The number of hydrogen-bond acceptors (Lipinski definition) is 5. The van der Waals surface area contributed by atoms with Gasteiger partial charge in [0.15, 0.2) is 0 Å². The second-order valence-electron chi connectivity index (χ2n) is 8.33. The second-order valence-corrected chi connectivity index (χ2v) is 8.33. The number of alkyl carbamates (subject to hydrolysis) is 1. The molecule has 9 nitrogen and oxygen atoms in total. The van der Waals surface area contributed by atoms with Crippen LogP contribution in [0, 0.1) is 5.92 Å². The van der Waals surface area contributed by atoms with Crippen LogP contribution in [0.4, 0.5) is 4.79 Å². The van der Waals surface area contributed by atoms with Crippen molar-refractivity contribution in [2.75, 3.05) is 6.54 Å². The van der Waals surface area contributed by atoms with Crippen LogP contribution in [0.2, 0.25) is 0 Å². The van der Waals surface area contributed by atoms with E-state index in [9.17, 15) is 19.2 Å². The molecular formula is C19H34N4O5. The summed E-state index contributed by atoms with van der Waals surface area (Å²) in [7, 11) is 0. The first kappa shape index (κ1) is 23.7. The summed E-state index contributed by atoms with van der Waals surface area (Å²) < 4.78 is 5.16. The Morgan fingerprint density at radius 1 is 1.18 bits per heavy atom. The standard InChI is InChI=1S/C19H34N4O5/c1-7-11(2)14(15(20)24)22-16(25)13-9-8-10-23(13)17(26)12(3)21-18(27)28-19(4,5)6/h11-14H,7-10H2,1-6H3,(H2,20,24)(H,21,27)(H,22,25). The van der Waals surface area contributed by atoms with Crippen molar-refractivity contribution in [3.8, 4) is 0 Å². The minimum Gasteiger partial charge on any atom is -0.444 e. The third-order valence-corrected chi connectivity index (χ3v) is 4.76. The molecule has 0 aromatic carbocycles. The summed E-state index contributed by atoms with van der Waals surface area (Å²) >= 11 is 0. The number of ether oxygens (including phenoxy) is 1. The van der Waals surface area contributed by atoms with E-state index in [1.807, 2.05) is 13.8 Å². The van der Waals surface area contributed by atoms with E-state index < -0.39 is 41.6 Å². The fourth-order valence-electron chi connectivity index (χ4n) is 3.08. The average Bonchev–Trinajstić information content (AvgIpc) is 3.05. The molecule has 28 heavy (non-hydrogen) atoms. The number of hydrogen-bond donors (Lipinski definition) is 3. The zero-order valence-electron chi connectivity index (χ0n) is 17.7. The predicted molar refractivity (Wildman–Crippen MR) is 104 cm³/mol. The van der Waals surface area contributed by atoms with Gasteiger partial charge in [-0.2, -0.15) is 0 Å². The predicted octanol–water partition coefficient (Wildman–Crippen LogP) is 0.907. The summed E-state index contributed by atoms with van der Waals surface area (Å²) in [5.41, 5.74) is 4.73. The van der Waals surface area contributed by atoms with E-state index in [1.54, 1.807) is 27.7 Å². The molecule has 0 spiro atoms. The molecule has 4 unspecified atom stereocenters. The molecule has 9 heteroatoms. The van der Waals surface area contributed by atoms with Crippen molar-refractivity contribution >= 4 is 23.8 Å². The maximum Gasteiger partial charge on any atom is 0.408 e. The summed E-state index contributed by atoms with van der Waals surface area (Å²) in [4.78, 5) is 50.5. The zero-order chi connectivity index (χ0) is 21.6. The lowest BCUT2D eigenvalue weighted by atomic mass is 9.98. The van der Waals surface area contributed by atoms with Gasteiger partial charge in [0.25, 0.3) is 0 Å². The third-order valence-electron chi connectivity index (χ3n) is 4.76. The third kappa shape index (κ3) is 6.69. The van der Waals surface area contributed by atoms with E-state index >= 15 is 0 Å². The van der Waals surface area contributed by atoms with Crippen molar-refractivity contribution in [2.45, 2.75) is 84.5 Å². The average molecular weight is 399 g/mol. The van der Waals surface area contributed by atoms with Gasteiger partial charge in [0.1, 0.15) is 23.7 Å². The SMILES string of the molecule is CCC(C)C(NC(=O)C1CCCN1C(=O)C(C)NC(=O)OC(C)(C)C)C(N)=O. The molecular weight excluding hydrogens is 364 g/mol. The molecule has 160 valence electrons. The Labute approximate surface area is 166 Å². The van der Waals surface area contributed by atoms with Crippen LogP contribution < -0.4 is 16.4 Å². The van der Waals surface area contributed by atoms with Crippen molar-refractivity contribution in [1.82, 2.24) is 15.5 Å². The van der Waals surface area contributed by atoms with Gasteiger partial charge in [0, 0.05) is 6.54 Å². The van der Waals surface area contributed by atoms with Crippen LogP contribution in [0.1, 0.15) is 60.8 Å². The number of primary amides is 1. The molecule has 4 amide bonds. The molecule has 0 radical (unpaired) electrons. The number of nitrogens with two attached hydrogens (primary N) is 1. The topological polar surface area (TPSA) is 131 Å². The van der Waals surface area contributed by atoms with Crippen LogP contribution in [-0.2, 0) is 19.1 Å². The van der Waals surface area contributed by atoms with Crippen molar-refractivity contribution in [3.63, 3.8) is 0 Å². The highest BCUT2D eigenvalue weighted by Gasteiger charge is 2.38. The van der Waals surface area contributed by atoms with E-state index in [0.29, 0.717) is 25.8 Å². The number of amides is 4. The maximum absolute atomic E-state index is 12.8. The van der Waals surface area contributed by atoms with E-state index in [0.717, 1.165) is 0 Å². The number of rotatable bonds is 7. The molecule has 1 rings (SSSR count). The Kier molecular flexibility index (Phi) is 8.26. The Morgan fingerprint density at radius 3 is 2.29 bits per heavy atom. The lowest BCUT2D eigenvalue weighted by Crippen LogP contribution is -2.56. The van der Waals surface area contributed by atoms with Gasteiger partial charge in [-0.05, 0) is 46.5 Å². The molecule has 0 saturated carbocycles. The van der Waals surface area contributed by atoms with Gasteiger partial charge in [0.2, 0.25) is 17.7 Å². The molecule has 1 saturated heterocycles. The van der Waals surface area contributed by atoms with Gasteiger partial charge in [0.05, 0.1) is 0 Å².